The summed E-state index contributed by atoms with van der Waals surface area (Å²) >= 11 is 0. The smallest absolute Gasteiger partial charge is 0.163 e. The van der Waals surface area contributed by atoms with Crippen molar-refractivity contribution in [2.24, 2.45) is 23.2 Å². The molecule has 6 aliphatic rings. The highest BCUT2D eigenvalue weighted by Gasteiger charge is 2.54. The SMILES string of the molecule is CC1(C)CC(=O)C2=C(C1)Nc1ccccc1N[C@@H]2c1cn(-c2ccccc2)nc1C12CC3CC(CC(C3)C1)C2. The second-order valence-electron chi connectivity index (χ2n) is 14.0. The molecule has 4 saturated carbocycles. The molecule has 0 radical (unpaired) electrons. The van der Waals surface area contributed by atoms with E-state index in [0.717, 1.165) is 52.5 Å². The molecule has 1 aliphatic heterocycles. The molecule has 2 N–H and O–H groups in total. The quantitative estimate of drug-likeness (QED) is 0.376. The number of hydrogen-bond donors (Lipinski definition) is 2. The highest BCUT2D eigenvalue weighted by molar-refractivity contribution is 6.01. The van der Waals surface area contributed by atoms with Gasteiger partial charge in [-0.2, -0.15) is 5.10 Å². The number of Topliss-reactive ketones (excluding diaryl/α,β-unsaturated/α-hetero) is 1. The fourth-order valence-electron chi connectivity index (χ4n) is 9.25. The van der Waals surface area contributed by atoms with Crippen molar-refractivity contribution in [1.29, 1.82) is 0 Å². The van der Waals surface area contributed by atoms with Crippen molar-refractivity contribution in [3.63, 3.8) is 0 Å². The Balaban J connectivity index is 1.34. The maximum absolute atomic E-state index is 14.0. The summed E-state index contributed by atoms with van der Waals surface area (Å²) in [5, 5.41) is 13.0. The fourth-order valence-corrected chi connectivity index (χ4v) is 9.25. The molecule has 0 saturated heterocycles. The van der Waals surface area contributed by atoms with Crippen LogP contribution >= 0.6 is 0 Å². The number of benzene rings is 2. The Hall–Kier alpha value is -3.34. The summed E-state index contributed by atoms with van der Waals surface area (Å²) in [5.41, 5.74) is 7.63. The number of nitrogens with zero attached hydrogens (tertiary/aromatic N) is 2. The van der Waals surface area contributed by atoms with Crippen LogP contribution in [0.4, 0.5) is 11.4 Å². The third kappa shape index (κ3) is 3.80. The Morgan fingerprint density at radius 2 is 1.49 bits per heavy atom. The molecule has 4 bridgehead atoms. The molecule has 2 heterocycles. The number of carbonyl (C=O) groups excluding carboxylic acids is 1. The van der Waals surface area contributed by atoms with Crippen molar-refractivity contribution in [2.75, 3.05) is 10.6 Å². The zero-order valence-electron chi connectivity index (χ0n) is 23.0. The number of nitrogens with one attached hydrogen (secondary N) is 2. The number of allylic oxidation sites excluding steroid dienone is 1. The van der Waals surface area contributed by atoms with E-state index < -0.39 is 0 Å². The van der Waals surface area contributed by atoms with Gasteiger partial charge >= 0.3 is 0 Å². The predicted molar refractivity (Wildman–Crippen MR) is 155 cm³/mol. The van der Waals surface area contributed by atoms with Crippen LogP contribution < -0.4 is 10.6 Å². The molecule has 9 rings (SSSR count). The van der Waals surface area contributed by atoms with Crippen LogP contribution in [0.15, 0.2) is 72.1 Å². The normalized spacial score (nSPS) is 32.2. The van der Waals surface area contributed by atoms with E-state index in [0.29, 0.717) is 6.42 Å². The van der Waals surface area contributed by atoms with Crippen molar-refractivity contribution in [2.45, 2.75) is 76.7 Å². The Morgan fingerprint density at radius 1 is 0.846 bits per heavy atom. The largest absolute Gasteiger partial charge is 0.372 e. The van der Waals surface area contributed by atoms with Gasteiger partial charge in [0.15, 0.2) is 5.78 Å². The average Bonchev–Trinajstić information content (AvgIpc) is 3.27. The van der Waals surface area contributed by atoms with Gasteiger partial charge in [-0.25, -0.2) is 4.68 Å². The predicted octanol–water partition coefficient (Wildman–Crippen LogP) is 7.56. The fraction of sp³-hybridized carbons (Fsp3) is 0.471. The van der Waals surface area contributed by atoms with Gasteiger partial charge in [0.25, 0.3) is 0 Å². The molecule has 39 heavy (non-hydrogen) atoms. The number of aromatic nitrogens is 2. The van der Waals surface area contributed by atoms with Gasteiger partial charge in [0.05, 0.1) is 28.8 Å². The average molecular weight is 519 g/mol. The van der Waals surface area contributed by atoms with Gasteiger partial charge in [0.2, 0.25) is 0 Å². The summed E-state index contributed by atoms with van der Waals surface area (Å²) in [4.78, 5) is 14.0. The van der Waals surface area contributed by atoms with Crippen LogP contribution in [0.1, 0.15) is 82.5 Å². The molecule has 0 amide bonds. The zero-order valence-corrected chi connectivity index (χ0v) is 23.0. The first kappa shape index (κ1) is 23.5. The Morgan fingerprint density at radius 3 is 2.18 bits per heavy atom. The minimum absolute atomic E-state index is 0.0657. The first-order chi connectivity index (χ1) is 18.9. The number of carbonyl (C=O) groups is 1. The number of fused-ring (bicyclic) bond motifs is 1. The molecule has 1 atom stereocenters. The molecule has 0 spiro atoms. The zero-order chi connectivity index (χ0) is 26.4. The summed E-state index contributed by atoms with van der Waals surface area (Å²) in [6.45, 7) is 4.42. The van der Waals surface area contributed by atoms with E-state index in [1.807, 2.05) is 0 Å². The number of anilines is 2. The maximum atomic E-state index is 14.0. The molecule has 0 unspecified atom stereocenters. The van der Waals surface area contributed by atoms with Crippen LogP contribution in [-0.4, -0.2) is 15.6 Å². The highest BCUT2D eigenvalue weighted by atomic mass is 16.1. The van der Waals surface area contributed by atoms with Gasteiger partial charge < -0.3 is 10.6 Å². The molecular weight excluding hydrogens is 480 g/mol. The van der Waals surface area contributed by atoms with Crippen LogP contribution in [-0.2, 0) is 10.2 Å². The summed E-state index contributed by atoms with van der Waals surface area (Å²) in [6.07, 6.45) is 11.6. The first-order valence-electron chi connectivity index (χ1n) is 14.9. The van der Waals surface area contributed by atoms with E-state index in [1.165, 1.54) is 49.8 Å². The number of para-hydroxylation sites is 3. The van der Waals surface area contributed by atoms with E-state index in [9.17, 15) is 4.79 Å². The second kappa shape index (κ2) is 8.33. The number of ketones is 1. The topological polar surface area (TPSA) is 59.0 Å². The summed E-state index contributed by atoms with van der Waals surface area (Å²) in [7, 11) is 0. The third-order valence-electron chi connectivity index (χ3n) is 10.3. The maximum Gasteiger partial charge on any atom is 0.163 e. The van der Waals surface area contributed by atoms with Crippen LogP contribution in [0, 0.1) is 23.2 Å². The van der Waals surface area contributed by atoms with E-state index in [4.69, 9.17) is 5.10 Å². The monoisotopic (exact) mass is 518 g/mol. The van der Waals surface area contributed by atoms with Gasteiger partial charge in [-0.1, -0.05) is 44.2 Å². The molecule has 1 aromatic heterocycles. The van der Waals surface area contributed by atoms with Gasteiger partial charge in [0.1, 0.15) is 0 Å². The summed E-state index contributed by atoms with van der Waals surface area (Å²) < 4.78 is 2.09. The lowest BCUT2D eigenvalue weighted by Gasteiger charge is -2.56. The summed E-state index contributed by atoms with van der Waals surface area (Å²) in [6, 6.07) is 18.7. The van der Waals surface area contributed by atoms with Crippen LogP contribution in [0.2, 0.25) is 0 Å². The molecule has 5 nitrogen and oxygen atoms in total. The lowest BCUT2D eigenvalue weighted by atomic mass is 9.48. The molecule has 4 fully saturated rings. The van der Waals surface area contributed by atoms with Gasteiger partial charge in [-0.3, -0.25) is 4.79 Å². The third-order valence-corrected chi connectivity index (χ3v) is 10.3. The van der Waals surface area contributed by atoms with Gasteiger partial charge in [-0.15, -0.1) is 0 Å². The number of hydrogen-bond acceptors (Lipinski definition) is 4. The lowest BCUT2D eigenvalue weighted by Crippen LogP contribution is -2.49. The van der Waals surface area contributed by atoms with E-state index in [1.54, 1.807) is 0 Å². The molecule has 2 aromatic carbocycles. The van der Waals surface area contributed by atoms with E-state index in [-0.39, 0.29) is 22.7 Å². The van der Waals surface area contributed by atoms with Crippen molar-refractivity contribution < 1.29 is 4.79 Å². The molecule has 5 aliphatic carbocycles. The van der Waals surface area contributed by atoms with Crippen molar-refractivity contribution in [1.82, 2.24) is 9.78 Å². The van der Waals surface area contributed by atoms with Gasteiger partial charge in [-0.05, 0) is 92.4 Å². The van der Waals surface area contributed by atoms with E-state index >= 15 is 0 Å². The molecule has 200 valence electrons. The highest BCUT2D eigenvalue weighted by Crippen LogP contribution is 2.61. The van der Waals surface area contributed by atoms with Crippen molar-refractivity contribution in [3.8, 4) is 5.69 Å². The van der Waals surface area contributed by atoms with E-state index in [2.05, 4.69) is 90.0 Å². The van der Waals surface area contributed by atoms with Crippen molar-refractivity contribution >= 4 is 17.2 Å². The lowest BCUT2D eigenvalue weighted by molar-refractivity contribution is -0.118. The minimum atomic E-state index is -0.222. The Labute approximate surface area is 231 Å². The van der Waals surface area contributed by atoms with Gasteiger partial charge in [0, 0.05) is 34.9 Å². The molecule has 3 aromatic rings. The standard InChI is InChI=1S/C34H38N4O/c1-33(2)18-28-30(29(39)19-33)31(36-27-11-7-6-10-26(27)35-28)25-20-38(24-8-4-3-5-9-24)37-32(25)34-15-21-12-22(16-34)14-23(13-21)17-34/h3-11,20-23,31,35-36H,12-19H2,1-2H3/t21?,22?,23?,31-,34?/m1/s1. The second-order valence-corrected chi connectivity index (χ2v) is 14.0. The van der Waals surface area contributed by atoms with Crippen molar-refractivity contribution in [3.05, 3.63) is 83.3 Å². The van der Waals surface area contributed by atoms with Crippen LogP contribution in [0.3, 0.4) is 0 Å². The Kier molecular flexibility index (Phi) is 5.03. The first-order valence-corrected chi connectivity index (χ1v) is 14.9. The minimum Gasteiger partial charge on any atom is -0.372 e. The van der Waals surface area contributed by atoms with Crippen LogP contribution in [0.25, 0.3) is 5.69 Å². The summed E-state index contributed by atoms with van der Waals surface area (Å²) in [5.74, 6) is 2.72. The van der Waals surface area contributed by atoms with Crippen LogP contribution in [0.5, 0.6) is 0 Å². The molecule has 5 heteroatoms. The molecular formula is C34H38N4O. The Bertz CT molecular complexity index is 1460. The number of rotatable bonds is 3.